The highest BCUT2D eigenvalue weighted by Crippen LogP contribution is 2.24. The number of carbonyl (C=O) groups is 2. The molecule has 0 saturated carbocycles. The molecule has 7 nitrogen and oxygen atoms in total. The minimum Gasteiger partial charge on any atom is -0.399 e. The third kappa shape index (κ3) is 4.40. The average Bonchev–Trinajstić information content (AvgIpc) is 2.64. The number of nitrogen functional groups attached to an aromatic ring is 2. The van der Waals surface area contributed by atoms with E-state index in [1.54, 1.807) is 48.7 Å². The molecule has 0 aliphatic heterocycles. The van der Waals surface area contributed by atoms with E-state index in [0.717, 1.165) is 11.1 Å². The third-order valence-electron chi connectivity index (χ3n) is 3.87. The van der Waals surface area contributed by atoms with E-state index in [1.807, 2.05) is 12.1 Å². The van der Waals surface area contributed by atoms with Gasteiger partial charge in [0.05, 0.1) is 5.56 Å². The number of nitrogens with two attached hydrogens (primary N) is 2. The van der Waals surface area contributed by atoms with Gasteiger partial charge in [0.1, 0.15) is 5.82 Å². The molecule has 136 valence electrons. The van der Waals surface area contributed by atoms with Crippen molar-refractivity contribution < 1.29 is 9.59 Å². The Labute approximate surface area is 156 Å². The fourth-order valence-electron chi connectivity index (χ4n) is 2.53. The number of hydrogen-bond donors (Lipinski definition) is 4. The molecule has 0 fully saturated rings. The lowest BCUT2D eigenvalue weighted by atomic mass is 10.0. The summed E-state index contributed by atoms with van der Waals surface area (Å²) in [6.07, 6.45) is 1.61. The summed E-state index contributed by atoms with van der Waals surface area (Å²) in [6, 6.07) is 15.7. The van der Waals surface area contributed by atoms with E-state index in [4.69, 9.17) is 11.5 Å². The molecule has 0 bridgehead atoms. The monoisotopic (exact) mass is 361 g/mol. The molecule has 1 aromatic heterocycles. The Morgan fingerprint density at radius 1 is 0.852 bits per heavy atom. The van der Waals surface area contributed by atoms with E-state index in [0.29, 0.717) is 17.1 Å². The number of aromatic nitrogens is 1. The van der Waals surface area contributed by atoms with Crippen LogP contribution in [0.2, 0.25) is 0 Å². The predicted octanol–water partition coefficient (Wildman–Crippen LogP) is 3.12. The van der Waals surface area contributed by atoms with Crippen LogP contribution in [0.25, 0.3) is 11.1 Å². The van der Waals surface area contributed by atoms with Crippen LogP contribution < -0.4 is 22.1 Å². The number of rotatable bonds is 4. The van der Waals surface area contributed by atoms with Gasteiger partial charge in [0, 0.05) is 35.7 Å². The maximum atomic E-state index is 12.6. The van der Waals surface area contributed by atoms with E-state index >= 15 is 0 Å². The first-order chi connectivity index (χ1) is 12.9. The first-order valence-electron chi connectivity index (χ1n) is 8.23. The molecule has 0 aliphatic carbocycles. The van der Waals surface area contributed by atoms with E-state index in [9.17, 15) is 9.59 Å². The number of benzene rings is 2. The second kappa shape index (κ2) is 7.57. The summed E-state index contributed by atoms with van der Waals surface area (Å²) in [5, 5.41) is 5.44. The number of nitrogens with zero attached hydrogens (tertiary/aromatic N) is 1. The van der Waals surface area contributed by atoms with Gasteiger partial charge in [0.25, 0.3) is 5.91 Å². The highest BCUT2D eigenvalue weighted by atomic mass is 16.2. The van der Waals surface area contributed by atoms with Gasteiger partial charge in [-0.15, -0.1) is 0 Å². The molecular weight excluding hydrogens is 342 g/mol. The van der Waals surface area contributed by atoms with Crippen LogP contribution in [-0.4, -0.2) is 16.8 Å². The zero-order chi connectivity index (χ0) is 19.4. The van der Waals surface area contributed by atoms with Gasteiger partial charge in [0.2, 0.25) is 5.91 Å². The average molecular weight is 361 g/mol. The van der Waals surface area contributed by atoms with Gasteiger partial charge in [-0.05, 0) is 48.0 Å². The molecule has 3 rings (SSSR count). The predicted molar refractivity (Wildman–Crippen MR) is 107 cm³/mol. The van der Waals surface area contributed by atoms with Crippen molar-refractivity contribution in [1.82, 2.24) is 4.98 Å². The zero-order valence-electron chi connectivity index (χ0n) is 14.7. The summed E-state index contributed by atoms with van der Waals surface area (Å²) in [6.45, 7) is 1.43. The summed E-state index contributed by atoms with van der Waals surface area (Å²) in [4.78, 5) is 27.8. The van der Waals surface area contributed by atoms with Crippen LogP contribution in [0, 0.1) is 0 Å². The molecule has 2 aromatic carbocycles. The quantitative estimate of drug-likeness (QED) is 0.532. The molecule has 0 aliphatic rings. The lowest BCUT2D eigenvalue weighted by Crippen LogP contribution is -2.15. The Hall–Kier alpha value is -3.87. The number of anilines is 4. The standard InChI is InChI=1S/C20H19N5O2/c1-12(26)24-16-6-8-17(9-7-16)25-20(27)18-10-14(11-23-19(18)22)13-2-4-15(21)5-3-13/h2-11H,21H2,1H3,(H2,22,23)(H,24,26)(H,25,27). The van der Waals surface area contributed by atoms with Crippen LogP contribution in [0.5, 0.6) is 0 Å². The molecule has 0 spiro atoms. The van der Waals surface area contributed by atoms with Crippen molar-refractivity contribution in [1.29, 1.82) is 0 Å². The van der Waals surface area contributed by atoms with E-state index in [1.165, 1.54) is 6.92 Å². The summed E-state index contributed by atoms with van der Waals surface area (Å²) < 4.78 is 0. The fraction of sp³-hybridized carbons (Fsp3) is 0.0500. The van der Waals surface area contributed by atoms with Crippen molar-refractivity contribution in [2.24, 2.45) is 0 Å². The largest absolute Gasteiger partial charge is 0.399 e. The van der Waals surface area contributed by atoms with Gasteiger partial charge in [-0.2, -0.15) is 0 Å². The van der Waals surface area contributed by atoms with Crippen molar-refractivity contribution in [3.05, 3.63) is 66.4 Å². The second-order valence-electron chi connectivity index (χ2n) is 5.99. The van der Waals surface area contributed by atoms with E-state index in [2.05, 4.69) is 15.6 Å². The van der Waals surface area contributed by atoms with Crippen molar-refractivity contribution in [3.63, 3.8) is 0 Å². The number of nitrogens with one attached hydrogen (secondary N) is 2. The maximum absolute atomic E-state index is 12.6. The first-order valence-corrected chi connectivity index (χ1v) is 8.23. The van der Waals surface area contributed by atoms with Gasteiger partial charge in [-0.3, -0.25) is 9.59 Å². The van der Waals surface area contributed by atoms with E-state index in [-0.39, 0.29) is 23.2 Å². The fourth-order valence-corrected chi connectivity index (χ4v) is 2.53. The van der Waals surface area contributed by atoms with Crippen LogP contribution in [0.4, 0.5) is 22.9 Å². The van der Waals surface area contributed by atoms with Gasteiger partial charge >= 0.3 is 0 Å². The van der Waals surface area contributed by atoms with Crippen molar-refractivity contribution in [2.75, 3.05) is 22.1 Å². The molecule has 0 saturated heterocycles. The smallest absolute Gasteiger partial charge is 0.259 e. The van der Waals surface area contributed by atoms with Gasteiger partial charge < -0.3 is 22.1 Å². The number of hydrogen-bond acceptors (Lipinski definition) is 5. The highest BCUT2D eigenvalue weighted by Gasteiger charge is 2.13. The Morgan fingerprint density at radius 2 is 1.44 bits per heavy atom. The molecule has 7 heteroatoms. The number of amides is 2. The number of pyridine rings is 1. The molecular formula is C20H19N5O2. The molecule has 0 radical (unpaired) electrons. The minimum atomic E-state index is -0.371. The van der Waals surface area contributed by atoms with Crippen molar-refractivity contribution >= 4 is 34.7 Å². The van der Waals surface area contributed by atoms with Crippen LogP contribution in [-0.2, 0) is 4.79 Å². The van der Waals surface area contributed by atoms with Crippen molar-refractivity contribution in [2.45, 2.75) is 6.92 Å². The summed E-state index contributed by atoms with van der Waals surface area (Å²) in [7, 11) is 0. The normalized spacial score (nSPS) is 10.3. The molecule has 0 atom stereocenters. The van der Waals surface area contributed by atoms with Gasteiger partial charge in [-0.25, -0.2) is 4.98 Å². The Morgan fingerprint density at radius 3 is 2.04 bits per heavy atom. The molecule has 27 heavy (non-hydrogen) atoms. The minimum absolute atomic E-state index is 0.140. The topological polar surface area (TPSA) is 123 Å². The van der Waals surface area contributed by atoms with Crippen LogP contribution in [0.1, 0.15) is 17.3 Å². The molecule has 3 aromatic rings. The summed E-state index contributed by atoms with van der Waals surface area (Å²) >= 11 is 0. The Bertz CT molecular complexity index is 982. The molecule has 0 unspecified atom stereocenters. The lowest BCUT2D eigenvalue weighted by Gasteiger charge is -2.10. The Balaban J connectivity index is 1.80. The second-order valence-corrected chi connectivity index (χ2v) is 5.99. The third-order valence-corrected chi connectivity index (χ3v) is 3.87. The maximum Gasteiger partial charge on any atom is 0.259 e. The molecule has 2 amide bonds. The number of carbonyl (C=O) groups excluding carboxylic acids is 2. The highest BCUT2D eigenvalue weighted by molar-refractivity contribution is 6.08. The molecule has 6 N–H and O–H groups in total. The summed E-state index contributed by atoms with van der Waals surface area (Å²) in [5.41, 5.74) is 15.4. The van der Waals surface area contributed by atoms with Gasteiger partial charge in [0.15, 0.2) is 0 Å². The molecule has 1 heterocycles. The zero-order valence-corrected chi connectivity index (χ0v) is 14.7. The van der Waals surface area contributed by atoms with Crippen molar-refractivity contribution in [3.8, 4) is 11.1 Å². The van der Waals surface area contributed by atoms with E-state index < -0.39 is 0 Å². The first kappa shape index (κ1) is 17.9. The van der Waals surface area contributed by atoms with Crippen LogP contribution in [0.3, 0.4) is 0 Å². The van der Waals surface area contributed by atoms with Crippen LogP contribution >= 0.6 is 0 Å². The summed E-state index contributed by atoms with van der Waals surface area (Å²) in [5.74, 6) is -0.392. The van der Waals surface area contributed by atoms with Gasteiger partial charge in [-0.1, -0.05) is 12.1 Å². The Kier molecular flexibility index (Phi) is 5.03. The SMILES string of the molecule is CC(=O)Nc1ccc(NC(=O)c2cc(-c3ccc(N)cc3)cnc2N)cc1. The van der Waals surface area contributed by atoms with Crippen LogP contribution in [0.15, 0.2) is 60.8 Å². The lowest BCUT2D eigenvalue weighted by molar-refractivity contribution is -0.114.